The Morgan fingerprint density at radius 3 is 2.76 bits per heavy atom. The predicted octanol–water partition coefficient (Wildman–Crippen LogP) is 1.98. The van der Waals surface area contributed by atoms with E-state index in [-0.39, 0.29) is 12.6 Å². The first-order chi connectivity index (χ1) is 8.16. The number of benzene rings is 1. The summed E-state index contributed by atoms with van der Waals surface area (Å²) in [7, 11) is 0. The predicted molar refractivity (Wildman–Crippen MR) is 62.4 cm³/mol. The van der Waals surface area contributed by atoms with Crippen molar-refractivity contribution < 1.29 is 9.15 Å². The van der Waals surface area contributed by atoms with Crippen LogP contribution in [0.5, 0.6) is 5.75 Å². The topological polar surface area (TPSA) is 74.2 Å². The van der Waals surface area contributed by atoms with E-state index >= 15 is 0 Å². The van der Waals surface area contributed by atoms with Crippen LogP contribution in [0.3, 0.4) is 0 Å². The standard InChI is InChI=1S/C12H15N3O2/c1-8(13)10-5-3-4-6-11(10)16-7-12-15-14-9(2)17-12/h3-6,8H,7,13H2,1-2H3. The molecule has 2 rings (SSSR count). The summed E-state index contributed by atoms with van der Waals surface area (Å²) in [6.45, 7) is 3.91. The number of hydrogen-bond donors (Lipinski definition) is 1. The van der Waals surface area contributed by atoms with Crippen LogP contribution in [0.1, 0.15) is 30.3 Å². The molecule has 1 aromatic carbocycles. The number of rotatable bonds is 4. The molecule has 0 radical (unpaired) electrons. The van der Waals surface area contributed by atoms with Crippen molar-refractivity contribution in [2.75, 3.05) is 0 Å². The number of hydrogen-bond acceptors (Lipinski definition) is 5. The van der Waals surface area contributed by atoms with Gasteiger partial charge in [-0.25, -0.2) is 0 Å². The summed E-state index contributed by atoms with van der Waals surface area (Å²) < 4.78 is 10.8. The summed E-state index contributed by atoms with van der Waals surface area (Å²) >= 11 is 0. The van der Waals surface area contributed by atoms with Crippen molar-refractivity contribution in [1.82, 2.24) is 10.2 Å². The average Bonchev–Trinajstić information content (AvgIpc) is 2.73. The van der Waals surface area contributed by atoms with Gasteiger partial charge in [0.05, 0.1) is 0 Å². The lowest BCUT2D eigenvalue weighted by Gasteiger charge is -2.12. The molecule has 1 heterocycles. The Labute approximate surface area is 99.6 Å². The van der Waals surface area contributed by atoms with Crippen LogP contribution in [-0.4, -0.2) is 10.2 Å². The number of nitrogens with zero attached hydrogens (tertiary/aromatic N) is 2. The largest absolute Gasteiger partial charge is 0.483 e. The van der Waals surface area contributed by atoms with E-state index in [2.05, 4.69) is 10.2 Å². The van der Waals surface area contributed by atoms with E-state index in [9.17, 15) is 0 Å². The second-order valence-electron chi connectivity index (χ2n) is 3.83. The molecule has 2 aromatic rings. The number of nitrogens with two attached hydrogens (primary N) is 1. The minimum atomic E-state index is -0.0735. The maximum atomic E-state index is 5.86. The highest BCUT2D eigenvalue weighted by Gasteiger charge is 2.09. The Morgan fingerprint density at radius 2 is 2.12 bits per heavy atom. The van der Waals surface area contributed by atoms with Gasteiger partial charge in [-0.2, -0.15) is 0 Å². The summed E-state index contributed by atoms with van der Waals surface area (Å²) in [6, 6.07) is 7.58. The van der Waals surface area contributed by atoms with Crippen LogP contribution >= 0.6 is 0 Å². The molecule has 0 aliphatic heterocycles. The Balaban J connectivity index is 2.08. The zero-order chi connectivity index (χ0) is 12.3. The number of aryl methyl sites for hydroxylation is 1. The van der Waals surface area contributed by atoms with E-state index in [1.165, 1.54) is 0 Å². The zero-order valence-corrected chi connectivity index (χ0v) is 9.88. The van der Waals surface area contributed by atoms with Gasteiger partial charge in [0.1, 0.15) is 5.75 Å². The number of ether oxygens (including phenoxy) is 1. The van der Waals surface area contributed by atoms with Gasteiger partial charge in [0, 0.05) is 18.5 Å². The molecule has 0 spiro atoms. The van der Waals surface area contributed by atoms with Gasteiger partial charge in [-0.3, -0.25) is 0 Å². The SMILES string of the molecule is Cc1nnc(COc2ccccc2C(C)N)o1. The molecular formula is C12H15N3O2. The third-order valence-corrected chi connectivity index (χ3v) is 2.33. The lowest BCUT2D eigenvalue weighted by molar-refractivity contribution is 0.257. The second kappa shape index (κ2) is 4.97. The van der Waals surface area contributed by atoms with Crippen molar-refractivity contribution in [3.63, 3.8) is 0 Å². The van der Waals surface area contributed by atoms with Crippen LogP contribution in [0, 0.1) is 6.92 Å². The maximum Gasteiger partial charge on any atom is 0.253 e. The van der Waals surface area contributed by atoms with Gasteiger partial charge < -0.3 is 14.9 Å². The van der Waals surface area contributed by atoms with Crippen molar-refractivity contribution in [3.8, 4) is 5.75 Å². The van der Waals surface area contributed by atoms with Crippen LogP contribution in [0.15, 0.2) is 28.7 Å². The molecule has 2 N–H and O–H groups in total. The van der Waals surface area contributed by atoms with E-state index in [4.69, 9.17) is 14.9 Å². The maximum absolute atomic E-state index is 5.86. The monoisotopic (exact) mass is 233 g/mol. The van der Waals surface area contributed by atoms with Gasteiger partial charge >= 0.3 is 0 Å². The second-order valence-corrected chi connectivity index (χ2v) is 3.83. The van der Waals surface area contributed by atoms with Crippen molar-refractivity contribution in [2.45, 2.75) is 26.5 Å². The molecule has 1 atom stereocenters. The van der Waals surface area contributed by atoms with Gasteiger partial charge in [-0.1, -0.05) is 18.2 Å². The molecule has 0 aliphatic rings. The molecule has 90 valence electrons. The molecule has 0 saturated heterocycles. The van der Waals surface area contributed by atoms with Crippen LogP contribution in [0.4, 0.5) is 0 Å². The van der Waals surface area contributed by atoms with Crippen molar-refractivity contribution in [2.24, 2.45) is 5.73 Å². The lowest BCUT2D eigenvalue weighted by Crippen LogP contribution is -2.08. The summed E-state index contributed by atoms with van der Waals surface area (Å²) in [4.78, 5) is 0. The molecular weight excluding hydrogens is 218 g/mol. The first-order valence-electron chi connectivity index (χ1n) is 5.43. The summed E-state index contributed by atoms with van der Waals surface area (Å²) in [6.07, 6.45) is 0. The average molecular weight is 233 g/mol. The summed E-state index contributed by atoms with van der Waals surface area (Å²) in [5.74, 6) is 1.74. The lowest BCUT2D eigenvalue weighted by atomic mass is 10.1. The molecule has 1 aromatic heterocycles. The number of aromatic nitrogens is 2. The molecule has 1 unspecified atom stereocenters. The van der Waals surface area contributed by atoms with Gasteiger partial charge in [0.2, 0.25) is 5.89 Å². The van der Waals surface area contributed by atoms with E-state index < -0.39 is 0 Å². The molecule has 17 heavy (non-hydrogen) atoms. The van der Waals surface area contributed by atoms with Crippen LogP contribution in [-0.2, 0) is 6.61 Å². The number of para-hydroxylation sites is 1. The normalized spacial score (nSPS) is 12.4. The van der Waals surface area contributed by atoms with Gasteiger partial charge in [-0.05, 0) is 13.0 Å². The highest BCUT2D eigenvalue weighted by Crippen LogP contribution is 2.23. The fourth-order valence-electron chi connectivity index (χ4n) is 1.52. The van der Waals surface area contributed by atoms with Gasteiger partial charge in [0.15, 0.2) is 6.61 Å². The molecule has 5 nitrogen and oxygen atoms in total. The Bertz CT molecular complexity index is 494. The fourth-order valence-corrected chi connectivity index (χ4v) is 1.52. The molecule has 0 saturated carbocycles. The van der Waals surface area contributed by atoms with E-state index in [1.54, 1.807) is 6.92 Å². The van der Waals surface area contributed by atoms with E-state index in [0.29, 0.717) is 11.8 Å². The van der Waals surface area contributed by atoms with E-state index in [1.807, 2.05) is 31.2 Å². The molecule has 0 amide bonds. The quantitative estimate of drug-likeness (QED) is 0.873. The van der Waals surface area contributed by atoms with Crippen LogP contribution in [0.25, 0.3) is 0 Å². The minimum absolute atomic E-state index is 0.0735. The molecule has 0 aliphatic carbocycles. The highest BCUT2D eigenvalue weighted by atomic mass is 16.5. The molecule has 5 heteroatoms. The van der Waals surface area contributed by atoms with Crippen molar-refractivity contribution >= 4 is 0 Å². The fraction of sp³-hybridized carbons (Fsp3) is 0.333. The molecule has 0 bridgehead atoms. The van der Waals surface area contributed by atoms with Crippen molar-refractivity contribution in [3.05, 3.63) is 41.6 Å². The zero-order valence-electron chi connectivity index (χ0n) is 9.88. The van der Waals surface area contributed by atoms with E-state index in [0.717, 1.165) is 11.3 Å². The van der Waals surface area contributed by atoms with Crippen molar-refractivity contribution in [1.29, 1.82) is 0 Å². The first kappa shape index (κ1) is 11.6. The van der Waals surface area contributed by atoms with Gasteiger partial charge in [-0.15, -0.1) is 10.2 Å². The highest BCUT2D eigenvalue weighted by molar-refractivity contribution is 5.35. The first-order valence-corrected chi connectivity index (χ1v) is 5.43. The Hall–Kier alpha value is -1.88. The summed E-state index contributed by atoms with van der Waals surface area (Å²) in [5, 5.41) is 7.60. The summed E-state index contributed by atoms with van der Waals surface area (Å²) in [5.41, 5.74) is 6.82. The minimum Gasteiger partial charge on any atom is -0.483 e. The van der Waals surface area contributed by atoms with Crippen LogP contribution < -0.4 is 10.5 Å². The van der Waals surface area contributed by atoms with Gasteiger partial charge in [0.25, 0.3) is 5.89 Å². The Morgan fingerprint density at radius 1 is 1.35 bits per heavy atom. The molecule has 0 fully saturated rings. The van der Waals surface area contributed by atoms with Crippen LogP contribution in [0.2, 0.25) is 0 Å². The Kier molecular flexibility index (Phi) is 3.39. The third kappa shape index (κ3) is 2.82. The third-order valence-electron chi connectivity index (χ3n) is 2.33. The smallest absolute Gasteiger partial charge is 0.253 e.